The lowest BCUT2D eigenvalue weighted by Gasteiger charge is -2.12. The predicted octanol–water partition coefficient (Wildman–Crippen LogP) is 5.26. The van der Waals surface area contributed by atoms with E-state index in [9.17, 15) is 4.79 Å². The molecule has 0 aromatic heterocycles. The minimum Gasteiger partial charge on any atom is -0.483 e. The molecule has 0 unspecified atom stereocenters. The molecule has 0 radical (unpaired) electrons. The molecule has 0 aliphatic carbocycles. The van der Waals surface area contributed by atoms with Gasteiger partial charge < -0.3 is 10.1 Å². The highest BCUT2D eigenvalue weighted by atomic mass is 35.5. The first-order chi connectivity index (χ1) is 12.6. The van der Waals surface area contributed by atoms with Gasteiger partial charge in [0, 0.05) is 17.1 Å². The van der Waals surface area contributed by atoms with Crippen LogP contribution in [0.15, 0.2) is 72.8 Å². The van der Waals surface area contributed by atoms with Crippen molar-refractivity contribution in [3.05, 3.63) is 94.5 Å². The molecular formula is C22H20ClNO2. The number of carbonyl (C=O) groups excluding carboxylic acids is 1. The van der Waals surface area contributed by atoms with E-state index in [1.54, 1.807) is 6.07 Å². The second-order valence-electron chi connectivity index (χ2n) is 6.07. The molecular weight excluding hydrogens is 346 g/mol. The molecule has 0 heterocycles. The Morgan fingerprint density at radius 1 is 1.00 bits per heavy atom. The number of carbonyl (C=O) groups is 1. The number of rotatable bonds is 6. The highest BCUT2D eigenvalue weighted by Crippen LogP contribution is 2.22. The van der Waals surface area contributed by atoms with Gasteiger partial charge in [-0.2, -0.15) is 0 Å². The van der Waals surface area contributed by atoms with Crippen LogP contribution in [0.1, 0.15) is 16.7 Å². The average Bonchev–Trinajstić information content (AvgIpc) is 2.65. The molecule has 26 heavy (non-hydrogen) atoms. The SMILES string of the molecule is Cc1ccc(NC(=O)COc2ccccc2Cc2ccccc2)cc1Cl. The summed E-state index contributed by atoms with van der Waals surface area (Å²) in [5, 5.41) is 3.42. The highest BCUT2D eigenvalue weighted by Gasteiger charge is 2.08. The number of anilines is 1. The van der Waals surface area contributed by atoms with Crippen molar-refractivity contribution in [1.82, 2.24) is 0 Å². The van der Waals surface area contributed by atoms with E-state index in [1.807, 2.05) is 61.5 Å². The zero-order chi connectivity index (χ0) is 18.4. The molecule has 0 saturated carbocycles. The van der Waals surface area contributed by atoms with Crippen molar-refractivity contribution in [1.29, 1.82) is 0 Å². The van der Waals surface area contributed by atoms with Gasteiger partial charge in [-0.1, -0.05) is 66.2 Å². The van der Waals surface area contributed by atoms with Crippen LogP contribution < -0.4 is 10.1 Å². The molecule has 0 saturated heterocycles. The normalized spacial score (nSPS) is 10.4. The van der Waals surface area contributed by atoms with E-state index in [2.05, 4.69) is 17.4 Å². The molecule has 1 amide bonds. The molecule has 0 atom stereocenters. The second-order valence-corrected chi connectivity index (χ2v) is 6.48. The first-order valence-electron chi connectivity index (χ1n) is 8.42. The van der Waals surface area contributed by atoms with E-state index < -0.39 is 0 Å². The molecule has 4 heteroatoms. The van der Waals surface area contributed by atoms with Crippen molar-refractivity contribution < 1.29 is 9.53 Å². The Bertz CT molecular complexity index is 894. The maximum Gasteiger partial charge on any atom is 0.262 e. The summed E-state index contributed by atoms with van der Waals surface area (Å²) in [6.45, 7) is 1.86. The summed E-state index contributed by atoms with van der Waals surface area (Å²) < 4.78 is 5.75. The molecule has 0 fully saturated rings. The van der Waals surface area contributed by atoms with E-state index in [0.717, 1.165) is 17.5 Å². The van der Waals surface area contributed by atoms with Gasteiger partial charge in [-0.15, -0.1) is 0 Å². The number of amides is 1. The van der Waals surface area contributed by atoms with Crippen LogP contribution in [0.5, 0.6) is 5.75 Å². The van der Waals surface area contributed by atoms with Gasteiger partial charge in [0.1, 0.15) is 5.75 Å². The smallest absolute Gasteiger partial charge is 0.262 e. The van der Waals surface area contributed by atoms with Gasteiger partial charge in [-0.25, -0.2) is 0 Å². The number of hydrogen-bond donors (Lipinski definition) is 1. The van der Waals surface area contributed by atoms with Crippen LogP contribution in [0, 0.1) is 6.92 Å². The Labute approximate surface area is 158 Å². The minimum atomic E-state index is -0.223. The zero-order valence-electron chi connectivity index (χ0n) is 14.5. The third-order valence-corrected chi connectivity index (χ3v) is 4.43. The summed E-state index contributed by atoms with van der Waals surface area (Å²) in [5.74, 6) is 0.493. The lowest BCUT2D eigenvalue weighted by Crippen LogP contribution is -2.20. The summed E-state index contributed by atoms with van der Waals surface area (Å²) in [6, 6.07) is 23.4. The number of aryl methyl sites for hydroxylation is 1. The Hall–Kier alpha value is -2.78. The van der Waals surface area contributed by atoms with E-state index in [0.29, 0.717) is 16.5 Å². The molecule has 0 aliphatic heterocycles. The van der Waals surface area contributed by atoms with E-state index >= 15 is 0 Å². The molecule has 0 spiro atoms. The fourth-order valence-corrected chi connectivity index (χ4v) is 2.80. The van der Waals surface area contributed by atoms with Gasteiger partial charge in [0.05, 0.1) is 0 Å². The van der Waals surface area contributed by atoms with Crippen molar-refractivity contribution in [3.8, 4) is 5.75 Å². The first kappa shape index (κ1) is 18.0. The largest absolute Gasteiger partial charge is 0.483 e. The highest BCUT2D eigenvalue weighted by molar-refractivity contribution is 6.31. The Morgan fingerprint density at radius 2 is 1.73 bits per heavy atom. The summed E-state index contributed by atoms with van der Waals surface area (Å²) >= 11 is 6.09. The van der Waals surface area contributed by atoms with Crippen molar-refractivity contribution in [3.63, 3.8) is 0 Å². The summed E-state index contributed by atoms with van der Waals surface area (Å²) in [7, 11) is 0. The van der Waals surface area contributed by atoms with Gasteiger partial charge in [0.15, 0.2) is 6.61 Å². The van der Waals surface area contributed by atoms with Crippen molar-refractivity contribution >= 4 is 23.2 Å². The quantitative estimate of drug-likeness (QED) is 0.647. The number of halogens is 1. The second kappa shape index (κ2) is 8.54. The first-order valence-corrected chi connectivity index (χ1v) is 8.80. The summed E-state index contributed by atoms with van der Waals surface area (Å²) in [6.07, 6.45) is 0.756. The fraction of sp³-hybridized carbons (Fsp3) is 0.136. The fourth-order valence-electron chi connectivity index (χ4n) is 2.62. The molecule has 132 valence electrons. The Balaban J connectivity index is 1.62. The van der Waals surface area contributed by atoms with Crippen LogP contribution >= 0.6 is 11.6 Å². The van der Waals surface area contributed by atoms with Gasteiger partial charge >= 0.3 is 0 Å². The lowest BCUT2D eigenvalue weighted by molar-refractivity contribution is -0.118. The van der Waals surface area contributed by atoms with E-state index in [1.165, 1.54) is 5.56 Å². The Kier molecular flexibility index (Phi) is 5.92. The monoisotopic (exact) mass is 365 g/mol. The molecule has 3 aromatic rings. The predicted molar refractivity (Wildman–Crippen MR) is 106 cm³/mol. The molecule has 3 nitrogen and oxygen atoms in total. The third kappa shape index (κ3) is 4.87. The number of nitrogens with one attached hydrogen (secondary N) is 1. The van der Waals surface area contributed by atoms with E-state index in [4.69, 9.17) is 16.3 Å². The van der Waals surface area contributed by atoms with Gasteiger partial charge in [-0.05, 0) is 41.8 Å². The van der Waals surface area contributed by atoms with Crippen molar-refractivity contribution in [2.75, 3.05) is 11.9 Å². The molecule has 0 aliphatic rings. The van der Waals surface area contributed by atoms with Crippen LogP contribution in [0.4, 0.5) is 5.69 Å². The van der Waals surface area contributed by atoms with Crippen molar-refractivity contribution in [2.24, 2.45) is 0 Å². The maximum absolute atomic E-state index is 12.2. The zero-order valence-corrected chi connectivity index (χ0v) is 15.3. The van der Waals surface area contributed by atoms with Crippen LogP contribution in [-0.2, 0) is 11.2 Å². The molecule has 1 N–H and O–H groups in total. The molecule has 3 rings (SSSR count). The van der Waals surface area contributed by atoms with Gasteiger partial charge in [-0.3, -0.25) is 4.79 Å². The standard InChI is InChI=1S/C22H20ClNO2/c1-16-11-12-19(14-20(16)23)24-22(25)15-26-21-10-6-5-9-18(21)13-17-7-3-2-4-8-17/h2-12,14H,13,15H2,1H3,(H,24,25). The van der Waals surface area contributed by atoms with Crippen LogP contribution in [-0.4, -0.2) is 12.5 Å². The van der Waals surface area contributed by atoms with Crippen LogP contribution in [0.3, 0.4) is 0 Å². The Morgan fingerprint density at radius 3 is 2.50 bits per heavy atom. The summed E-state index contributed by atoms with van der Waals surface area (Å²) in [5.41, 5.74) is 3.87. The average molecular weight is 366 g/mol. The lowest BCUT2D eigenvalue weighted by atomic mass is 10.0. The minimum absolute atomic E-state index is 0.0582. The molecule has 0 bridgehead atoms. The molecule has 3 aromatic carbocycles. The topological polar surface area (TPSA) is 38.3 Å². The van der Waals surface area contributed by atoms with Crippen molar-refractivity contribution in [2.45, 2.75) is 13.3 Å². The van der Waals surface area contributed by atoms with Crippen LogP contribution in [0.2, 0.25) is 5.02 Å². The number of hydrogen-bond acceptors (Lipinski definition) is 2. The van der Waals surface area contributed by atoms with Gasteiger partial charge in [0.25, 0.3) is 5.91 Å². The van der Waals surface area contributed by atoms with E-state index in [-0.39, 0.29) is 12.5 Å². The summed E-state index contributed by atoms with van der Waals surface area (Å²) in [4.78, 5) is 12.2. The number of para-hydroxylation sites is 1. The number of ether oxygens (including phenoxy) is 1. The van der Waals surface area contributed by atoms with Crippen LogP contribution in [0.25, 0.3) is 0 Å². The number of benzene rings is 3. The van der Waals surface area contributed by atoms with Gasteiger partial charge in [0.2, 0.25) is 0 Å². The maximum atomic E-state index is 12.2. The third-order valence-electron chi connectivity index (χ3n) is 4.02.